The first-order valence-corrected chi connectivity index (χ1v) is 10.3. The molecule has 5 rings (SSSR count). The maximum atomic E-state index is 14.4. The summed E-state index contributed by atoms with van der Waals surface area (Å²) in [7, 11) is 0. The van der Waals surface area contributed by atoms with Crippen LogP contribution in [0.1, 0.15) is 29.6 Å². The number of pyridine rings is 2. The zero-order chi connectivity index (χ0) is 26.0. The van der Waals surface area contributed by atoms with Crippen molar-refractivity contribution in [2.24, 2.45) is 0 Å². The van der Waals surface area contributed by atoms with E-state index in [1.165, 1.54) is 29.9 Å². The van der Waals surface area contributed by atoms with Crippen LogP contribution in [0.15, 0.2) is 24.4 Å². The highest BCUT2D eigenvalue weighted by molar-refractivity contribution is 6.06. The van der Waals surface area contributed by atoms with E-state index in [2.05, 4.69) is 30.4 Å². The Kier molecular flexibility index (Phi) is 4.99. The lowest BCUT2D eigenvalue weighted by molar-refractivity contribution is -0.186. The monoisotopic (exact) mass is 500 g/mol. The molecule has 0 aliphatic carbocycles. The van der Waals surface area contributed by atoms with Gasteiger partial charge in [0.05, 0.1) is 28.9 Å². The fourth-order valence-corrected chi connectivity index (χ4v) is 3.94. The minimum Gasteiger partial charge on any atom is -0.309 e. The first kappa shape index (κ1) is 23.2. The summed E-state index contributed by atoms with van der Waals surface area (Å²) in [6.07, 6.45) is -3.67. The summed E-state index contributed by atoms with van der Waals surface area (Å²) in [5, 5.41) is 16.0. The normalized spacial score (nSPS) is 17.2. The second kappa shape index (κ2) is 7.74. The molecule has 0 fully saturated rings. The zero-order valence-electron chi connectivity index (χ0n) is 18.4. The van der Waals surface area contributed by atoms with E-state index in [0.717, 1.165) is 6.07 Å². The molecule has 0 aromatic carbocycles. The van der Waals surface area contributed by atoms with Gasteiger partial charge in [-0.1, -0.05) is 0 Å². The van der Waals surface area contributed by atoms with Gasteiger partial charge in [0, 0.05) is 6.20 Å². The molecule has 4 aromatic rings. The number of alkyl halides is 3. The van der Waals surface area contributed by atoms with Crippen molar-refractivity contribution in [3.63, 3.8) is 0 Å². The fourth-order valence-electron chi connectivity index (χ4n) is 3.94. The summed E-state index contributed by atoms with van der Waals surface area (Å²) in [6.45, 7) is 1.81. The maximum absolute atomic E-state index is 14.4. The Balaban J connectivity index is 1.74. The van der Waals surface area contributed by atoms with Gasteiger partial charge in [-0.25, -0.2) is 28.4 Å². The van der Waals surface area contributed by atoms with Crippen LogP contribution in [0.2, 0.25) is 0 Å². The molecule has 0 saturated carbocycles. The van der Waals surface area contributed by atoms with Crippen LogP contribution in [-0.4, -0.2) is 41.8 Å². The Hall–Kier alpha value is -4.54. The number of amides is 1. The second-order valence-corrected chi connectivity index (χ2v) is 8.17. The second-order valence-electron chi connectivity index (χ2n) is 8.17. The van der Waals surface area contributed by atoms with Gasteiger partial charge < -0.3 is 5.32 Å². The van der Waals surface area contributed by atoms with Crippen LogP contribution in [0.4, 0.5) is 27.8 Å². The van der Waals surface area contributed by atoms with E-state index in [0.29, 0.717) is 6.92 Å². The molecule has 1 atom stereocenters. The van der Waals surface area contributed by atoms with Crippen molar-refractivity contribution < 1.29 is 26.7 Å². The van der Waals surface area contributed by atoms with Crippen molar-refractivity contribution in [2.75, 3.05) is 5.32 Å². The predicted octanol–water partition coefficient (Wildman–Crippen LogP) is 3.56. The number of fused-ring (bicyclic) bond motifs is 2. The minimum absolute atomic E-state index is 0.00183. The number of nitriles is 1. The molecular formula is C22H13F5N8O. The number of aryl methyl sites for hydroxylation is 1. The van der Waals surface area contributed by atoms with E-state index in [9.17, 15) is 32.0 Å². The Labute approximate surface area is 198 Å². The number of hydrogen-bond acceptors (Lipinski definition) is 7. The third-order valence-electron chi connectivity index (χ3n) is 5.97. The Morgan fingerprint density at radius 3 is 2.61 bits per heavy atom. The quantitative estimate of drug-likeness (QED) is 0.427. The first-order chi connectivity index (χ1) is 17.0. The molecule has 0 saturated heterocycles. The molecule has 1 unspecified atom stereocenters. The van der Waals surface area contributed by atoms with Gasteiger partial charge in [-0.05, 0) is 32.0 Å². The van der Waals surface area contributed by atoms with Crippen LogP contribution in [0.25, 0.3) is 22.6 Å². The number of anilines is 1. The van der Waals surface area contributed by atoms with E-state index < -0.39 is 46.2 Å². The summed E-state index contributed by atoms with van der Waals surface area (Å²) in [4.78, 5) is 28.4. The number of halogens is 5. The molecule has 182 valence electrons. The van der Waals surface area contributed by atoms with Crippen molar-refractivity contribution >= 4 is 22.8 Å². The summed E-state index contributed by atoms with van der Waals surface area (Å²) in [5.74, 6) is -3.63. The molecule has 0 bridgehead atoms. The topological polar surface area (TPSA) is 122 Å². The SMILES string of the molecule is Cc1nc2c(cc1F)c(-c1nc(C#N)c3c(n1)NC(=O)C3(C)C(F)(F)F)nn2Cc1ncccc1F. The molecule has 4 aromatic heterocycles. The van der Waals surface area contributed by atoms with E-state index >= 15 is 0 Å². The van der Waals surface area contributed by atoms with Gasteiger partial charge in [-0.2, -0.15) is 23.5 Å². The highest BCUT2D eigenvalue weighted by atomic mass is 19.4. The van der Waals surface area contributed by atoms with E-state index in [1.54, 1.807) is 6.07 Å². The molecule has 1 aliphatic heterocycles. The number of rotatable bonds is 3. The molecule has 14 heteroatoms. The molecule has 1 aliphatic rings. The van der Waals surface area contributed by atoms with E-state index in [1.807, 2.05) is 0 Å². The maximum Gasteiger partial charge on any atom is 0.407 e. The van der Waals surface area contributed by atoms with Gasteiger partial charge in [-0.3, -0.25) is 9.78 Å². The van der Waals surface area contributed by atoms with Crippen LogP contribution in [0.5, 0.6) is 0 Å². The van der Waals surface area contributed by atoms with Crippen molar-refractivity contribution in [2.45, 2.75) is 32.0 Å². The highest BCUT2D eigenvalue weighted by Gasteiger charge is 2.63. The van der Waals surface area contributed by atoms with Crippen molar-refractivity contribution in [1.29, 1.82) is 5.26 Å². The van der Waals surface area contributed by atoms with Crippen LogP contribution in [0.3, 0.4) is 0 Å². The Morgan fingerprint density at radius 1 is 1.19 bits per heavy atom. The number of carbonyl (C=O) groups excluding carboxylic acids is 1. The van der Waals surface area contributed by atoms with E-state index in [4.69, 9.17) is 0 Å². The van der Waals surface area contributed by atoms with Gasteiger partial charge in [0.1, 0.15) is 29.2 Å². The molecule has 36 heavy (non-hydrogen) atoms. The molecule has 0 spiro atoms. The lowest BCUT2D eigenvalue weighted by Crippen LogP contribution is -2.45. The summed E-state index contributed by atoms with van der Waals surface area (Å²) in [6, 6.07) is 5.24. The van der Waals surface area contributed by atoms with Crippen molar-refractivity contribution in [3.8, 4) is 17.6 Å². The lowest BCUT2D eigenvalue weighted by Gasteiger charge is -2.25. The number of nitrogens with zero attached hydrogens (tertiary/aromatic N) is 7. The molecule has 1 amide bonds. The summed E-state index contributed by atoms with van der Waals surface area (Å²) < 4.78 is 71.3. The molecule has 1 N–H and O–H groups in total. The van der Waals surface area contributed by atoms with Crippen molar-refractivity contribution in [1.82, 2.24) is 29.7 Å². The highest BCUT2D eigenvalue weighted by Crippen LogP contribution is 2.49. The number of aromatic nitrogens is 6. The van der Waals surface area contributed by atoms with Crippen LogP contribution < -0.4 is 5.32 Å². The standard InChI is InChI=1S/C22H13F5N8O/c1-9-12(24)6-10-16(34-35(19(10)30-9)8-14-11(23)4-3-5-29-14)18-31-13(7-28)15-17(32-18)33-20(36)21(15,2)22(25,26)27/h3-6H,8H2,1-2H3,(H,31,32,33,36). The third-order valence-corrected chi connectivity index (χ3v) is 5.97. The molecule has 9 nitrogen and oxygen atoms in total. The number of hydrogen-bond donors (Lipinski definition) is 1. The summed E-state index contributed by atoms with van der Waals surface area (Å²) >= 11 is 0. The predicted molar refractivity (Wildman–Crippen MR) is 113 cm³/mol. The smallest absolute Gasteiger partial charge is 0.309 e. The van der Waals surface area contributed by atoms with Crippen LogP contribution >= 0.6 is 0 Å². The Bertz CT molecular complexity index is 1620. The molecule has 5 heterocycles. The van der Waals surface area contributed by atoms with Gasteiger partial charge in [-0.15, -0.1) is 0 Å². The fraction of sp³-hybridized carbons (Fsp3) is 0.227. The first-order valence-electron chi connectivity index (χ1n) is 10.3. The number of carbonyl (C=O) groups is 1. The zero-order valence-corrected chi connectivity index (χ0v) is 18.4. The van der Waals surface area contributed by atoms with E-state index in [-0.39, 0.29) is 40.5 Å². The minimum atomic E-state index is -5.04. The van der Waals surface area contributed by atoms with Gasteiger partial charge in [0.15, 0.2) is 22.6 Å². The molecular weight excluding hydrogens is 487 g/mol. The van der Waals surface area contributed by atoms with Crippen molar-refractivity contribution in [3.05, 3.63) is 58.7 Å². The summed E-state index contributed by atoms with van der Waals surface area (Å²) in [5.41, 5.74) is -4.50. The van der Waals surface area contributed by atoms with Gasteiger partial charge in [0.2, 0.25) is 5.91 Å². The number of nitrogens with one attached hydrogen (secondary N) is 1. The van der Waals surface area contributed by atoms with Crippen LogP contribution in [0, 0.1) is 29.9 Å². The lowest BCUT2D eigenvalue weighted by atomic mass is 9.82. The Morgan fingerprint density at radius 2 is 1.94 bits per heavy atom. The average molecular weight is 500 g/mol. The van der Waals surface area contributed by atoms with Crippen LogP contribution in [-0.2, 0) is 16.8 Å². The van der Waals surface area contributed by atoms with Gasteiger partial charge >= 0.3 is 6.18 Å². The third kappa shape index (κ3) is 3.27. The molecule has 0 radical (unpaired) electrons. The average Bonchev–Trinajstić information content (AvgIpc) is 3.29. The largest absolute Gasteiger partial charge is 0.407 e. The van der Waals surface area contributed by atoms with Gasteiger partial charge in [0.25, 0.3) is 0 Å².